The maximum absolute atomic E-state index is 13.9. The van der Waals surface area contributed by atoms with Crippen LogP contribution in [-0.2, 0) is 11.3 Å². The van der Waals surface area contributed by atoms with Gasteiger partial charge in [0.15, 0.2) is 0 Å². The monoisotopic (exact) mass is 357 g/mol. The van der Waals surface area contributed by atoms with Gasteiger partial charge in [-0.25, -0.2) is 14.2 Å². The number of esters is 1. The molecule has 0 unspecified atom stereocenters. The van der Waals surface area contributed by atoms with Crippen LogP contribution in [0, 0.1) is 12.7 Å². The van der Waals surface area contributed by atoms with E-state index in [-0.39, 0.29) is 12.2 Å². The van der Waals surface area contributed by atoms with Gasteiger partial charge in [-0.15, -0.1) is 11.3 Å². The Morgan fingerprint density at radius 2 is 1.96 bits per heavy atom. The van der Waals surface area contributed by atoms with Crippen LogP contribution in [-0.4, -0.2) is 18.1 Å². The molecule has 0 amide bonds. The van der Waals surface area contributed by atoms with E-state index in [1.807, 2.05) is 36.6 Å². The zero-order chi connectivity index (χ0) is 17.8. The average molecular weight is 357 g/mol. The highest BCUT2D eigenvalue weighted by molar-refractivity contribution is 7.13. The molecule has 128 valence electrons. The fourth-order valence-corrected chi connectivity index (χ4v) is 3.02. The molecule has 0 spiro atoms. The van der Waals surface area contributed by atoms with Crippen molar-refractivity contribution in [2.75, 3.05) is 7.11 Å². The lowest BCUT2D eigenvalue weighted by atomic mass is 10.2. The lowest BCUT2D eigenvalue weighted by Crippen LogP contribution is -2.08. The number of hydrogen-bond donors (Lipinski definition) is 0. The molecular formula is C19H16FNO3S. The Balaban J connectivity index is 1.66. The van der Waals surface area contributed by atoms with E-state index in [9.17, 15) is 9.18 Å². The number of aromatic nitrogens is 1. The minimum atomic E-state index is -0.731. The highest BCUT2D eigenvalue weighted by Crippen LogP contribution is 2.24. The molecule has 0 atom stereocenters. The van der Waals surface area contributed by atoms with Gasteiger partial charge in [-0.1, -0.05) is 29.8 Å². The van der Waals surface area contributed by atoms with Gasteiger partial charge < -0.3 is 9.47 Å². The van der Waals surface area contributed by atoms with Crippen LogP contribution in [0.15, 0.2) is 47.8 Å². The number of benzene rings is 2. The fourth-order valence-electron chi connectivity index (χ4n) is 2.21. The van der Waals surface area contributed by atoms with Crippen LogP contribution in [0.25, 0.3) is 10.6 Å². The zero-order valence-electron chi connectivity index (χ0n) is 13.8. The van der Waals surface area contributed by atoms with Crippen molar-refractivity contribution in [1.29, 1.82) is 0 Å². The van der Waals surface area contributed by atoms with Gasteiger partial charge in [0.1, 0.15) is 23.2 Å². The predicted molar refractivity (Wildman–Crippen MR) is 94.4 cm³/mol. The highest BCUT2D eigenvalue weighted by Gasteiger charge is 2.15. The summed E-state index contributed by atoms with van der Waals surface area (Å²) in [6, 6.07) is 12.0. The van der Waals surface area contributed by atoms with Crippen molar-refractivity contribution in [1.82, 2.24) is 4.98 Å². The third-order valence-corrected chi connectivity index (χ3v) is 4.54. The number of rotatable bonds is 5. The van der Waals surface area contributed by atoms with Crippen molar-refractivity contribution in [3.63, 3.8) is 0 Å². The molecule has 0 aliphatic carbocycles. The molecule has 0 aliphatic rings. The third-order valence-electron chi connectivity index (χ3n) is 3.60. The topological polar surface area (TPSA) is 48.4 Å². The van der Waals surface area contributed by atoms with Crippen LogP contribution < -0.4 is 4.74 Å². The molecule has 0 fully saturated rings. The third kappa shape index (κ3) is 4.03. The van der Waals surface area contributed by atoms with E-state index >= 15 is 0 Å². The number of ether oxygens (including phenoxy) is 2. The molecule has 4 nitrogen and oxygen atoms in total. The molecular weight excluding hydrogens is 341 g/mol. The van der Waals surface area contributed by atoms with E-state index in [1.165, 1.54) is 36.1 Å². The van der Waals surface area contributed by atoms with Crippen molar-refractivity contribution in [3.8, 4) is 16.3 Å². The Bertz CT molecular complexity index is 890. The van der Waals surface area contributed by atoms with Crippen molar-refractivity contribution in [2.24, 2.45) is 0 Å². The van der Waals surface area contributed by atoms with Crippen molar-refractivity contribution in [2.45, 2.75) is 13.5 Å². The minimum absolute atomic E-state index is 0.00728. The standard InChI is InChI=1S/C19H16FNO3S/c1-12-3-5-13(6-4-12)18-21-14(11-25-18)10-24-19(22)16-8-7-15(23-2)9-17(16)20/h3-9,11H,10H2,1-2H3. The van der Waals surface area contributed by atoms with Gasteiger partial charge in [-0.05, 0) is 19.1 Å². The van der Waals surface area contributed by atoms with Gasteiger partial charge >= 0.3 is 5.97 Å². The summed E-state index contributed by atoms with van der Waals surface area (Å²) >= 11 is 1.47. The van der Waals surface area contributed by atoms with Crippen molar-refractivity contribution >= 4 is 17.3 Å². The minimum Gasteiger partial charge on any atom is -0.497 e. The number of hydrogen-bond acceptors (Lipinski definition) is 5. The van der Waals surface area contributed by atoms with E-state index < -0.39 is 11.8 Å². The van der Waals surface area contributed by atoms with Gasteiger partial charge in [-0.3, -0.25) is 0 Å². The molecule has 1 heterocycles. The SMILES string of the molecule is COc1ccc(C(=O)OCc2csc(-c3ccc(C)cc3)n2)c(F)c1. The molecule has 1 aromatic heterocycles. The summed E-state index contributed by atoms with van der Waals surface area (Å²) in [5.41, 5.74) is 2.68. The van der Waals surface area contributed by atoms with E-state index in [2.05, 4.69) is 4.98 Å². The van der Waals surface area contributed by atoms with Crippen molar-refractivity contribution in [3.05, 3.63) is 70.5 Å². The molecule has 0 bridgehead atoms. The summed E-state index contributed by atoms with van der Waals surface area (Å²) in [6.07, 6.45) is 0. The lowest BCUT2D eigenvalue weighted by Gasteiger charge is -2.05. The Morgan fingerprint density at radius 3 is 2.64 bits per heavy atom. The lowest BCUT2D eigenvalue weighted by molar-refractivity contribution is 0.0463. The summed E-state index contributed by atoms with van der Waals surface area (Å²) in [4.78, 5) is 16.5. The first-order valence-electron chi connectivity index (χ1n) is 7.59. The Kier molecular flexibility index (Phi) is 5.09. The number of carbonyl (C=O) groups excluding carboxylic acids is 1. The van der Waals surface area contributed by atoms with Gasteiger partial charge in [0.25, 0.3) is 0 Å². The van der Waals surface area contributed by atoms with Gasteiger partial charge in [0.05, 0.1) is 18.4 Å². The van der Waals surface area contributed by atoms with Crippen LogP contribution in [0.1, 0.15) is 21.6 Å². The number of halogens is 1. The summed E-state index contributed by atoms with van der Waals surface area (Å²) in [6.45, 7) is 2.02. The number of thiazole rings is 1. The molecule has 3 aromatic rings. The molecule has 3 rings (SSSR count). The predicted octanol–water partition coefficient (Wildman–Crippen LogP) is 4.62. The summed E-state index contributed by atoms with van der Waals surface area (Å²) in [5.74, 6) is -1.07. The Morgan fingerprint density at radius 1 is 1.20 bits per heavy atom. The van der Waals surface area contributed by atoms with E-state index in [4.69, 9.17) is 9.47 Å². The molecule has 0 radical (unpaired) electrons. The molecule has 6 heteroatoms. The number of aryl methyl sites for hydroxylation is 1. The summed E-state index contributed by atoms with van der Waals surface area (Å²) in [7, 11) is 1.43. The van der Waals surface area contributed by atoms with E-state index in [0.29, 0.717) is 11.4 Å². The zero-order valence-corrected chi connectivity index (χ0v) is 14.6. The summed E-state index contributed by atoms with van der Waals surface area (Å²) < 4.78 is 23.9. The van der Waals surface area contributed by atoms with Crippen molar-refractivity contribution < 1.29 is 18.7 Å². The highest BCUT2D eigenvalue weighted by atomic mass is 32.1. The first-order chi connectivity index (χ1) is 12.1. The quantitative estimate of drug-likeness (QED) is 0.625. The Hall–Kier alpha value is -2.73. The van der Waals surface area contributed by atoms with Crippen LogP contribution in [0.4, 0.5) is 4.39 Å². The Labute approximate surface area is 148 Å². The fraction of sp³-hybridized carbons (Fsp3) is 0.158. The maximum atomic E-state index is 13.9. The summed E-state index contributed by atoms with van der Waals surface area (Å²) in [5, 5.41) is 2.68. The average Bonchev–Trinajstić information content (AvgIpc) is 3.09. The van der Waals surface area contributed by atoms with Gasteiger partial charge in [0, 0.05) is 17.0 Å². The molecule has 0 N–H and O–H groups in total. The smallest absolute Gasteiger partial charge is 0.341 e. The van der Waals surface area contributed by atoms with Gasteiger partial charge in [-0.2, -0.15) is 0 Å². The van der Waals surface area contributed by atoms with Gasteiger partial charge in [0.2, 0.25) is 0 Å². The second kappa shape index (κ2) is 7.44. The normalized spacial score (nSPS) is 10.5. The molecule has 0 saturated heterocycles. The second-order valence-electron chi connectivity index (χ2n) is 5.43. The van der Waals surface area contributed by atoms with Crippen LogP contribution in [0.2, 0.25) is 0 Å². The first-order valence-corrected chi connectivity index (χ1v) is 8.47. The molecule has 25 heavy (non-hydrogen) atoms. The molecule has 0 aliphatic heterocycles. The largest absolute Gasteiger partial charge is 0.497 e. The van der Waals surface area contributed by atoms with E-state index in [1.54, 1.807) is 0 Å². The first kappa shape index (κ1) is 17.1. The van der Waals surface area contributed by atoms with Crippen LogP contribution in [0.5, 0.6) is 5.75 Å². The maximum Gasteiger partial charge on any atom is 0.341 e. The van der Waals surface area contributed by atoms with E-state index in [0.717, 1.165) is 16.6 Å². The van der Waals surface area contributed by atoms with Crippen LogP contribution >= 0.6 is 11.3 Å². The molecule has 0 saturated carbocycles. The molecule has 2 aromatic carbocycles. The number of methoxy groups -OCH3 is 1. The number of carbonyl (C=O) groups is 1. The second-order valence-corrected chi connectivity index (χ2v) is 6.29. The number of nitrogens with zero attached hydrogens (tertiary/aromatic N) is 1. The van der Waals surface area contributed by atoms with Crippen LogP contribution in [0.3, 0.4) is 0 Å².